The second kappa shape index (κ2) is 9.35. The minimum Gasteiger partial charge on any atom is -0.339 e. The van der Waals surface area contributed by atoms with Crippen LogP contribution in [0, 0.1) is 5.92 Å². The average molecular weight is 435 g/mol. The fraction of sp³-hybridized carbons (Fsp3) is 0.240. The lowest BCUT2D eigenvalue weighted by molar-refractivity contribution is 0.0691. The number of likely N-dealkylation sites (tertiary alicyclic amines) is 1. The van der Waals surface area contributed by atoms with Gasteiger partial charge in [0.15, 0.2) is 0 Å². The zero-order valence-electron chi connectivity index (χ0n) is 17.3. The number of piperidine rings is 1. The molecule has 4 rings (SSSR count). The number of hydrogen-bond acceptors (Lipinski definition) is 3. The molecule has 0 radical (unpaired) electrons. The molecule has 1 aliphatic heterocycles. The van der Waals surface area contributed by atoms with Gasteiger partial charge in [-0.3, -0.25) is 9.52 Å². The summed E-state index contributed by atoms with van der Waals surface area (Å²) in [4.78, 5) is 15.2. The van der Waals surface area contributed by atoms with Gasteiger partial charge in [-0.1, -0.05) is 60.7 Å². The fourth-order valence-corrected chi connectivity index (χ4v) is 5.12. The highest BCUT2D eigenvalue weighted by Gasteiger charge is 2.26. The summed E-state index contributed by atoms with van der Waals surface area (Å²) < 4.78 is 28.1. The number of rotatable bonds is 6. The third kappa shape index (κ3) is 5.14. The first-order valence-corrected chi connectivity index (χ1v) is 12.0. The molecule has 1 aliphatic rings. The summed E-state index contributed by atoms with van der Waals surface area (Å²) in [6.07, 6.45) is 2.91. The van der Waals surface area contributed by atoms with E-state index in [4.69, 9.17) is 0 Å². The highest BCUT2D eigenvalue weighted by atomic mass is 32.2. The topological polar surface area (TPSA) is 66.5 Å². The standard InChI is InChI=1S/C25H26N2O3S/c28-25(27-17-15-21(16-18-27)19-20-9-3-1-4-10-20)23-13-7-8-14-24(23)26-31(29,30)22-11-5-2-6-12-22/h1-14,21,26H,15-19H2. The van der Waals surface area contributed by atoms with Crippen LogP contribution in [0.1, 0.15) is 28.8 Å². The van der Waals surface area contributed by atoms with Crippen molar-refractivity contribution in [1.29, 1.82) is 0 Å². The van der Waals surface area contributed by atoms with Gasteiger partial charge in [0.2, 0.25) is 0 Å². The lowest BCUT2D eigenvalue weighted by atomic mass is 9.90. The van der Waals surface area contributed by atoms with Gasteiger partial charge in [-0.2, -0.15) is 0 Å². The van der Waals surface area contributed by atoms with E-state index >= 15 is 0 Å². The van der Waals surface area contributed by atoms with Crippen LogP contribution in [0.5, 0.6) is 0 Å². The Balaban J connectivity index is 1.44. The molecule has 5 nitrogen and oxygen atoms in total. The Hall–Kier alpha value is -3.12. The summed E-state index contributed by atoms with van der Waals surface area (Å²) in [5.41, 5.74) is 2.01. The van der Waals surface area contributed by atoms with Crippen molar-refractivity contribution in [2.24, 2.45) is 5.92 Å². The maximum Gasteiger partial charge on any atom is 0.261 e. The van der Waals surface area contributed by atoms with Crippen LogP contribution < -0.4 is 4.72 Å². The molecule has 0 bridgehead atoms. The molecular weight excluding hydrogens is 408 g/mol. The minimum atomic E-state index is -3.76. The van der Waals surface area contributed by atoms with Gasteiger partial charge in [0.05, 0.1) is 16.1 Å². The van der Waals surface area contributed by atoms with Crippen LogP contribution in [0.4, 0.5) is 5.69 Å². The van der Waals surface area contributed by atoms with Gasteiger partial charge < -0.3 is 4.90 Å². The van der Waals surface area contributed by atoms with Crippen molar-refractivity contribution >= 4 is 21.6 Å². The predicted octanol–water partition coefficient (Wildman–Crippen LogP) is 4.58. The molecule has 1 heterocycles. The molecule has 6 heteroatoms. The molecule has 0 spiro atoms. The van der Waals surface area contributed by atoms with Gasteiger partial charge >= 0.3 is 0 Å². The van der Waals surface area contributed by atoms with Gasteiger partial charge in [0, 0.05) is 13.1 Å². The SMILES string of the molecule is O=C(c1ccccc1NS(=O)(=O)c1ccccc1)N1CCC(Cc2ccccc2)CC1. The summed E-state index contributed by atoms with van der Waals surface area (Å²) in [7, 11) is -3.76. The Morgan fingerprint density at radius 2 is 1.42 bits per heavy atom. The Kier molecular flexibility index (Phi) is 6.37. The molecule has 3 aromatic rings. The van der Waals surface area contributed by atoms with Crippen LogP contribution in [-0.2, 0) is 16.4 Å². The van der Waals surface area contributed by atoms with E-state index in [0.717, 1.165) is 19.3 Å². The van der Waals surface area contributed by atoms with Gasteiger partial charge in [0.1, 0.15) is 0 Å². The van der Waals surface area contributed by atoms with Crippen LogP contribution in [-0.4, -0.2) is 32.3 Å². The zero-order chi connectivity index (χ0) is 21.7. The number of nitrogens with one attached hydrogen (secondary N) is 1. The number of para-hydroxylation sites is 1. The van der Waals surface area contributed by atoms with Crippen LogP contribution in [0.2, 0.25) is 0 Å². The Morgan fingerprint density at radius 3 is 2.10 bits per heavy atom. The second-order valence-corrected chi connectivity index (χ2v) is 9.57. The van der Waals surface area contributed by atoms with Crippen molar-refractivity contribution in [3.63, 3.8) is 0 Å². The average Bonchev–Trinajstić information content (AvgIpc) is 2.81. The maximum atomic E-state index is 13.2. The molecule has 3 aromatic carbocycles. The van der Waals surface area contributed by atoms with Crippen LogP contribution >= 0.6 is 0 Å². The number of amides is 1. The molecule has 0 saturated carbocycles. The lowest BCUT2D eigenvalue weighted by Gasteiger charge is -2.32. The van der Waals surface area contributed by atoms with Crippen molar-refractivity contribution < 1.29 is 13.2 Å². The zero-order valence-corrected chi connectivity index (χ0v) is 18.1. The van der Waals surface area contributed by atoms with Crippen molar-refractivity contribution in [2.75, 3.05) is 17.8 Å². The molecule has 1 amide bonds. The van der Waals surface area contributed by atoms with E-state index in [2.05, 4.69) is 29.0 Å². The summed E-state index contributed by atoms with van der Waals surface area (Å²) in [6, 6.07) is 25.4. The van der Waals surface area contributed by atoms with E-state index in [1.807, 2.05) is 11.0 Å². The lowest BCUT2D eigenvalue weighted by Crippen LogP contribution is -2.39. The third-order valence-electron chi connectivity index (χ3n) is 5.72. The Labute approximate surface area is 183 Å². The summed E-state index contributed by atoms with van der Waals surface area (Å²) >= 11 is 0. The first kappa shape index (κ1) is 21.1. The fourth-order valence-electron chi connectivity index (χ4n) is 4.02. The highest BCUT2D eigenvalue weighted by Crippen LogP contribution is 2.26. The van der Waals surface area contributed by atoms with E-state index in [0.29, 0.717) is 30.3 Å². The highest BCUT2D eigenvalue weighted by molar-refractivity contribution is 7.92. The summed E-state index contributed by atoms with van der Waals surface area (Å²) in [5, 5.41) is 0. The van der Waals surface area contributed by atoms with Gasteiger partial charge in [-0.05, 0) is 55.0 Å². The first-order chi connectivity index (χ1) is 15.0. The van der Waals surface area contributed by atoms with Crippen molar-refractivity contribution in [3.8, 4) is 0 Å². The van der Waals surface area contributed by atoms with E-state index in [1.54, 1.807) is 42.5 Å². The number of benzene rings is 3. The molecule has 1 fully saturated rings. The molecule has 0 unspecified atom stereocenters. The molecule has 160 valence electrons. The van der Waals surface area contributed by atoms with E-state index in [-0.39, 0.29) is 10.8 Å². The van der Waals surface area contributed by atoms with Crippen LogP contribution in [0.3, 0.4) is 0 Å². The van der Waals surface area contributed by atoms with Crippen LogP contribution in [0.15, 0.2) is 89.8 Å². The normalized spacial score (nSPS) is 14.9. The number of sulfonamides is 1. The monoisotopic (exact) mass is 434 g/mol. The van der Waals surface area contributed by atoms with Gasteiger partial charge in [-0.15, -0.1) is 0 Å². The van der Waals surface area contributed by atoms with Crippen molar-refractivity contribution in [1.82, 2.24) is 4.90 Å². The first-order valence-electron chi connectivity index (χ1n) is 10.5. The number of carbonyl (C=O) groups excluding carboxylic acids is 1. The molecule has 31 heavy (non-hydrogen) atoms. The smallest absolute Gasteiger partial charge is 0.261 e. The van der Waals surface area contributed by atoms with Gasteiger partial charge in [-0.25, -0.2) is 8.42 Å². The van der Waals surface area contributed by atoms with E-state index in [1.165, 1.54) is 17.7 Å². The number of nitrogens with zero attached hydrogens (tertiary/aromatic N) is 1. The second-order valence-electron chi connectivity index (χ2n) is 7.89. The number of hydrogen-bond donors (Lipinski definition) is 1. The Bertz CT molecular complexity index is 1120. The molecule has 1 saturated heterocycles. The van der Waals surface area contributed by atoms with Crippen molar-refractivity contribution in [3.05, 3.63) is 96.1 Å². The number of carbonyl (C=O) groups is 1. The molecule has 0 atom stereocenters. The third-order valence-corrected chi connectivity index (χ3v) is 7.11. The van der Waals surface area contributed by atoms with Gasteiger partial charge in [0.25, 0.3) is 15.9 Å². The predicted molar refractivity (Wildman–Crippen MR) is 122 cm³/mol. The van der Waals surface area contributed by atoms with E-state index < -0.39 is 10.0 Å². The summed E-state index contributed by atoms with van der Waals surface area (Å²) in [5.74, 6) is 0.419. The van der Waals surface area contributed by atoms with Crippen molar-refractivity contribution in [2.45, 2.75) is 24.2 Å². The minimum absolute atomic E-state index is 0.135. The number of anilines is 1. The quantitative estimate of drug-likeness (QED) is 0.617. The van der Waals surface area contributed by atoms with Crippen LogP contribution in [0.25, 0.3) is 0 Å². The molecule has 0 aliphatic carbocycles. The molecule has 0 aromatic heterocycles. The maximum absolute atomic E-state index is 13.2. The van der Waals surface area contributed by atoms with E-state index in [9.17, 15) is 13.2 Å². The Morgan fingerprint density at radius 1 is 0.839 bits per heavy atom. The summed E-state index contributed by atoms with van der Waals surface area (Å²) in [6.45, 7) is 1.35. The largest absolute Gasteiger partial charge is 0.339 e. The molecular formula is C25H26N2O3S. The molecule has 1 N–H and O–H groups in total.